The van der Waals surface area contributed by atoms with Gasteiger partial charge in [-0.2, -0.15) is 0 Å². The van der Waals surface area contributed by atoms with Crippen LogP contribution >= 0.6 is 0 Å². The van der Waals surface area contributed by atoms with Crippen molar-refractivity contribution in [2.24, 2.45) is 5.92 Å². The van der Waals surface area contributed by atoms with Gasteiger partial charge in [0, 0.05) is 20.1 Å². The molecule has 2 atom stereocenters. The first-order valence-corrected chi connectivity index (χ1v) is 4.64. The second-order valence-corrected chi connectivity index (χ2v) is 3.39. The second kappa shape index (κ2) is 7.04. The van der Waals surface area contributed by atoms with Gasteiger partial charge in [0.15, 0.2) is 0 Å². The maximum Gasteiger partial charge on any atom is 0.135 e. The number of Topliss-reactive ketones (excluding diaryl/α,β-unsaturated/α-hetero) is 1. The smallest absolute Gasteiger partial charge is 0.135 e. The van der Waals surface area contributed by atoms with Gasteiger partial charge in [-0.3, -0.25) is 4.79 Å². The van der Waals surface area contributed by atoms with Crippen LogP contribution in [-0.4, -0.2) is 32.7 Å². The molecule has 13 heavy (non-hydrogen) atoms. The zero-order valence-electron chi connectivity index (χ0n) is 9.00. The number of ether oxygens (including phenoxy) is 2. The van der Waals surface area contributed by atoms with Crippen molar-refractivity contribution in [3.8, 4) is 0 Å². The summed E-state index contributed by atoms with van der Waals surface area (Å²) >= 11 is 0. The zero-order chi connectivity index (χ0) is 10.3. The molecule has 3 heteroatoms. The predicted molar refractivity (Wildman–Crippen MR) is 51.8 cm³/mol. The van der Waals surface area contributed by atoms with Crippen LogP contribution in [0.2, 0.25) is 0 Å². The summed E-state index contributed by atoms with van der Waals surface area (Å²) in [6.45, 7) is 4.14. The maximum atomic E-state index is 11.1. The Hall–Kier alpha value is -0.410. The Bertz CT molecular complexity index is 145. The lowest BCUT2D eigenvalue weighted by atomic mass is 9.98. The maximum absolute atomic E-state index is 11.1. The average Bonchev–Trinajstić information content (AvgIpc) is 2.11. The van der Waals surface area contributed by atoms with E-state index in [1.165, 1.54) is 0 Å². The molecule has 0 N–H and O–H groups in total. The van der Waals surface area contributed by atoms with Gasteiger partial charge >= 0.3 is 0 Å². The lowest BCUT2D eigenvalue weighted by molar-refractivity contribution is -0.122. The minimum atomic E-state index is 0.0302. The van der Waals surface area contributed by atoms with Gasteiger partial charge in [0.25, 0.3) is 0 Å². The quantitative estimate of drug-likeness (QED) is 0.609. The molecule has 0 aromatic rings. The van der Waals surface area contributed by atoms with E-state index >= 15 is 0 Å². The number of carbonyl (C=O) groups excluding carboxylic acids is 1. The van der Waals surface area contributed by atoms with Crippen LogP contribution in [0.3, 0.4) is 0 Å². The van der Waals surface area contributed by atoms with E-state index in [9.17, 15) is 4.79 Å². The van der Waals surface area contributed by atoms with Crippen LogP contribution in [0.15, 0.2) is 0 Å². The molecule has 0 saturated carbocycles. The third-order valence-corrected chi connectivity index (χ3v) is 2.27. The molecule has 0 rings (SSSR count). The summed E-state index contributed by atoms with van der Waals surface area (Å²) < 4.78 is 10.1. The van der Waals surface area contributed by atoms with Crippen LogP contribution < -0.4 is 0 Å². The first-order chi connectivity index (χ1) is 6.11. The Morgan fingerprint density at radius 1 is 1.31 bits per heavy atom. The van der Waals surface area contributed by atoms with Crippen LogP contribution in [0.5, 0.6) is 0 Å². The van der Waals surface area contributed by atoms with Gasteiger partial charge in [0.2, 0.25) is 0 Å². The average molecular weight is 188 g/mol. The lowest BCUT2D eigenvalue weighted by Gasteiger charge is -2.15. The summed E-state index contributed by atoms with van der Waals surface area (Å²) in [5.41, 5.74) is 0. The summed E-state index contributed by atoms with van der Waals surface area (Å²) in [5.74, 6) is 0.229. The highest BCUT2D eigenvalue weighted by Gasteiger charge is 2.14. The Balaban J connectivity index is 3.75. The molecule has 0 bridgehead atoms. The molecule has 78 valence electrons. The Labute approximate surface area is 80.4 Å². The Morgan fingerprint density at radius 3 is 2.31 bits per heavy atom. The molecule has 0 aromatic heterocycles. The van der Waals surface area contributed by atoms with Gasteiger partial charge < -0.3 is 9.47 Å². The molecule has 0 aliphatic carbocycles. The monoisotopic (exact) mass is 188 g/mol. The highest BCUT2D eigenvalue weighted by atomic mass is 16.5. The largest absolute Gasteiger partial charge is 0.384 e. The molecule has 0 aliphatic rings. The fraction of sp³-hybridized carbons (Fsp3) is 0.900. The van der Waals surface area contributed by atoms with E-state index < -0.39 is 0 Å². The van der Waals surface area contributed by atoms with E-state index in [1.54, 1.807) is 21.1 Å². The van der Waals surface area contributed by atoms with Gasteiger partial charge in [0.1, 0.15) is 5.78 Å². The first kappa shape index (κ1) is 12.6. The van der Waals surface area contributed by atoms with Gasteiger partial charge in [-0.05, 0) is 26.7 Å². The van der Waals surface area contributed by atoms with Gasteiger partial charge in [-0.25, -0.2) is 0 Å². The normalized spacial score (nSPS) is 15.4. The molecule has 0 fully saturated rings. The third kappa shape index (κ3) is 5.77. The van der Waals surface area contributed by atoms with Crippen LogP contribution in [-0.2, 0) is 14.3 Å². The summed E-state index contributed by atoms with van der Waals surface area (Å²) in [7, 11) is 3.31. The predicted octanol–water partition coefficient (Wildman–Crippen LogP) is 1.65. The van der Waals surface area contributed by atoms with Crippen molar-refractivity contribution in [2.75, 3.05) is 20.8 Å². The van der Waals surface area contributed by atoms with Crippen molar-refractivity contribution in [2.45, 2.75) is 32.8 Å². The number of hydrogen-bond donors (Lipinski definition) is 0. The fourth-order valence-electron chi connectivity index (χ4n) is 1.16. The first-order valence-electron chi connectivity index (χ1n) is 4.64. The zero-order valence-corrected chi connectivity index (χ0v) is 9.00. The van der Waals surface area contributed by atoms with Crippen molar-refractivity contribution in [1.29, 1.82) is 0 Å². The van der Waals surface area contributed by atoms with E-state index in [4.69, 9.17) is 9.47 Å². The van der Waals surface area contributed by atoms with Gasteiger partial charge in [-0.1, -0.05) is 0 Å². The molecule has 0 saturated heterocycles. The minimum absolute atomic E-state index is 0.0302. The van der Waals surface area contributed by atoms with Gasteiger partial charge in [0.05, 0.1) is 12.7 Å². The molecule has 3 nitrogen and oxygen atoms in total. The van der Waals surface area contributed by atoms with Crippen molar-refractivity contribution in [3.05, 3.63) is 0 Å². The highest BCUT2D eigenvalue weighted by Crippen LogP contribution is 2.11. The summed E-state index contributed by atoms with van der Waals surface area (Å²) in [5, 5.41) is 0. The second-order valence-electron chi connectivity index (χ2n) is 3.39. The molecule has 2 unspecified atom stereocenters. The topological polar surface area (TPSA) is 35.5 Å². The molecular weight excluding hydrogens is 168 g/mol. The van der Waals surface area contributed by atoms with Crippen molar-refractivity contribution < 1.29 is 14.3 Å². The van der Waals surface area contributed by atoms with E-state index in [0.29, 0.717) is 6.61 Å². The number of hydrogen-bond acceptors (Lipinski definition) is 3. The molecule has 0 heterocycles. The molecule has 0 spiro atoms. The van der Waals surface area contributed by atoms with Crippen molar-refractivity contribution in [3.63, 3.8) is 0 Å². The van der Waals surface area contributed by atoms with Crippen molar-refractivity contribution in [1.82, 2.24) is 0 Å². The van der Waals surface area contributed by atoms with Crippen LogP contribution in [0.4, 0.5) is 0 Å². The lowest BCUT2D eigenvalue weighted by Crippen LogP contribution is -2.19. The van der Waals surface area contributed by atoms with E-state index in [-0.39, 0.29) is 17.8 Å². The summed E-state index contributed by atoms with van der Waals surface area (Å²) in [4.78, 5) is 11.1. The van der Waals surface area contributed by atoms with Crippen LogP contribution in [0, 0.1) is 5.92 Å². The van der Waals surface area contributed by atoms with Crippen molar-refractivity contribution >= 4 is 5.78 Å². The van der Waals surface area contributed by atoms with E-state index in [0.717, 1.165) is 12.8 Å². The molecule has 0 aliphatic heterocycles. The highest BCUT2D eigenvalue weighted by molar-refractivity contribution is 5.78. The van der Waals surface area contributed by atoms with Crippen LogP contribution in [0.1, 0.15) is 26.7 Å². The number of carbonyl (C=O) groups is 1. The molecule has 0 aromatic carbocycles. The molecule has 0 radical (unpaired) electrons. The van der Waals surface area contributed by atoms with Crippen LogP contribution in [0.25, 0.3) is 0 Å². The Morgan fingerprint density at radius 2 is 1.92 bits per heavy atom. The Kier molecular flexibility index (Phi) is 6.82. The number of rotatable bonds is 7. The fourth-order valence-corrected chi connectivity index (χ4v) is 1.16. The number of methoxy groups -OCH3 is 2. The summed E-state index contributed by atoms with van der Waals surface area (Å²) in [6, 6.07) is 0. The third-order valence-electron chi connectivity index (χ3n) is 2.27. The number of ketones is 1. The summed E-state index contributed by atoms with van der Waals surface area (Å²) in [6.07, 6.45) is 1.97. The van der Waals surface area contributed by atoms with Gasteiger partial charge in [-0.15, -0.1) is 0 Å². The standard InChI is InChI=1S/C10H20O3/c1-8(13-4)5-6-10(7-12-3)9(2)11/h8,10H,5-7H2,1-4H3. The molecular formula is C10H20O3. The van der Waals surface area contributed by atoms with E-state index in [1.807, 2.05) is 6.92 Å². The SMILES string of the molecule is COCC(CCC(C)OC)C(C)=O. The minimum Gasteiger partial charge on any atom is -0.384 e. The van der Waals surface area contributed by atoms with E-state index in [2.05, 4.69) is 0 Å². The molecule has 0 amide bonds.